The third-order valence-electron chi connectivity index (χ3n) is 14.2. The van der Waals surface area contributed by atoms with Gasteiger partial charge >= 0.3 is 5.97 Å². The van der Waals surface area contributed by atoms with Crippen molar-refractivity contribution in [3.8, 4) is 0 Å². The lowest BCUT2D eigenvalue weighted by Crippen LogP contribution is -2.82. The summed E-state index contributed by atoms with van der Waals surface area (Å²) in [6.07, 6.45) is 0.951. The molecule has 1 aromatic rings. The minimum absolute atomic E-state index is 0.0394. The van der Waals surface area contributed by atoms with E-state index in [0.717, 1.165) is 11.3 Å². The first-order valence-electron chi connectivity index (χ1n) is 17.5. The number of aliphatic hydroxyl groups is 2. The summed E-state index contributed by atoms with van der Waals surface area (Å²) in [6, 6.07) is 6.11. The van der Waals surface area contributed by atoms with Gasteiger partial charge in [0.1, 0.15) is 11.2 Å². The summed E-state index contributed by atoms with van der Waals surface area (Å²) in [5.74, 6) is -2.00. The van der Waals surface area contributed by atoms with E-state index < -0.39 is 40.1 Å². The van der Waals surface area contributed by atoms with Crippen LogP contribution in [0.15, 0.2) is 24.3 Å². The number of fused-ring (bicyclic) bond motifs is 2. The molecule has 48 heavy (non-hydrogen) atoms. The van der Waals surface area contributed by atoms with E-state index in [1.165, 1.54) is 0 Å². The molecule has 262 valence electrons. The number of piperidine rings is 1. The molecular weight excluding hydrogens is 620 g/mol. The molecule has 0 radical (unpaired) electrons. The van der Waals surface area contributed by atoms with Gasteiger partial charge < -0.3 is 33.9 Å². The maximum atomic E-state index is 14.0. The van der Waals surface area contributed by atoms with Gasteiger partial charge in [-0.15, -0.1) is 0 Å². The van der Waals surface area contributed by atoms with Crippen molar-refractivity contribution in [3.63, 3.8) is 0 Å². The zero-order valence-electron chi connectivity index (χ0n) is 28.4. The molecular formula is C36H48N2O10. The molecule has 1 aromatic carbocycles. The summed E-state index contributed by atoms with van der Waals surface area (Å²) >= 11 is 0. The van der Waals surface area contributed by atoms with Crippen LogP contribution < -0.4 is 4.90 Å². The summed E-state index contributed by atoms with van der Waals surface area (Å²) in [7, 11) is 6.70. The normalized spacial score (nSPS) is 47.1. The van der Waals surface area contributed by atoms with E-state index in [4.69, 9.17) is 23.7 Å². The van der Waals surface area contributed by atoms with E-state index >= 15 is 0 Å². The van der Waals surface area contributed by atoms with E-state index in [1.807, 2.05) is 0 Å². The lowest BCUT2D eigenvalue weighted by Gasteiger charge is -2.70. The Bertz CT molecular complexity index is 1510. The average Bonchev–Trinajstić information content (AvgIpc) is 3.66. The van der Waals surface area contributed by atoms with Crippen molar-refractivity contribution in [1.82, 2.24) is 4.90 Å². The van der Waals surface area contributed by atoms with Crippen molar-refractivity contribution in [2.24, 2.45) is 34.5 Å². The van der Waals surface area contributed by atoms with Crippen LogP contribution in [0.5, 0.6) is 0 Å². The number of carbonyl (C=O) groups is 3. The van der Waals surface area contributed by atoms with E-state index in [2.05, 4.69) is 11.8 Å². The second-order valence-corrected chi connectivity index (χ2v) is 15.4. The molecule has 0 aromatic heterocycles. The molecule has 7 fully saturated rings. The molecule has 8 rings (SSSR count). The van der Waals surface area contributed by atoms with Gasteiger partial charge in [-0.2, -0.15) is 0 Å². The molecule has 2 aliphatic heterocycles. The zero-order chi connectivity index (χ0) is 34.0. The number of para-hydroxylation sites is 1. The minimum atomic E-state index is -1.69. The first-order valence-corrected chi connectivity index (χ1v) is 17.5. The molecule has 2 saturated heterocycles. The molecule has 5 aliphatic carbocycles. The number of esters is 1. The smallest absolute Gasteiger partial charge is 0.340 e. The second kappa shape index (κ2) is 11.0. The molecule has 5 saturated carbocycles. The van der Waals surface area contributed by atoms with E-state index in [-0.39, 0.29) is 90.9 Å². The Morgan fingerprint density at radius 3 is 2.38 bits per heavy atom. The molecule has 7 aliphatic rings. The Balaban J connectivity index is 1.24. The molecule has 13 atom stereocenters. The SMILES string of the molecule is CCN1C[C@]2(COC(=O)c3ccccc3N3C(=O)CCC3=O)CC[C@H](OC)[C@]34C1C(O)(C(OC)C23)[C@@]1(O)C[C@H](OC)[C@H]2C[C@@H]4[C@@H]1[C@H]2OC. The Hall–Kier alpha value is -2.45. The van der Waals surface area contributed by atoms with Gasteiger partial charge in [0.15, 0.2) is 0 Å². The summed E-state index contributed by atoms with van der Waals surface area (Å²) in [5.41, 5.74) is -4.15. The number of benzene rings is 1. The number of anilines is 1. The highest BCUT2D eigenvalue weighted by Crippen LogP contribution is 2.80. The maximum Gasteiger partial charge on any atom is 0.340 e. The first kappa shape index (κ1) is 32.7. The van der Waals surface area contributed by atoms with Crippen LogP contribution in [0.4, 0.5) is 5.69 Å². The molecule has 2 N–H and O–H groups in total. The van der Waals surface area contributed by atoms with Gasteiger partial charge in [0.2, 0.25) is 11.8 Å². The zero-order valence-corrected chi connectivity index (χ0v) is 28.4. The number of likely N-dealkylation sites (tertiary alicyclic amines) is 1. The Morgan fingerprint density at radius 1 is 1.00 bits per heavy atom. The lowest BCUT2D eigenvalue weighted by atomic mass is 9.42. The standard InChI is InChI=1S/C36H48N2O10/c1-6-37-17-33(18-48-31(41)19-9-7-8-10-22(19)38-25(39)11-12-26(38)40)14-13-24(45-3)35-21-15-20-23(44-2)16-34(42,27(21)28(20)46-4)36(43,32(35)37)30(47-5)29(33)35/h7-10,20-21,23-24,27-30,32,42-43H,6,11-18H2,1-5H3/t20-,21-,23+,24+,27-,28+,29?,30?,32?,33+,34-,35+,36?/m1/s1. The van der Waals surface area contributed by atoms with Gasteiger partial charge in [0.05, 0.1) is 48.3 Å². The third-order valence-corrected chi connectivity index (χ3v) is 14.2. The molecule has 4 unspecified atom stereocenters. The highest BCUT2D eigenvalue weighted by atomic mass is 16.5. The van der Waals surface area contributed by atoms with Crippen molar-refractivity contribution < 1.29 is 48.3 Å². The molecule has 12 nitrogen and oxygen atoms in total. The Labute approximate surface area is 280 Å². The lowest BCUT2D eigenvalue weighted by molar-refractivity contribution is -0.320. The van der Waals surface area contributed by atoms with Crippen LogP contribution in [0.1, 0.15) is 55.8 Å². The highest BCUT2D eigenvalue weighted by Gasteiger charge is 2.91. The maximum absolute atomic E-state index is 14.0. The fourth-order valence-corrected chi connectivity index (χ4v) is 13.0. The first-order chi connectivity index (χ1) is 23.0. The number of hydrogen-bond acceptors (Lipinski definition) is 11. The molecule has 2 heterocycles. The number of amides is 2. The van der Waals surface area contributed by atoms with Crippen molar-refractivity contribution in [2.75, 3.05) is 53.0 Å². The van der Waals surface area contributed by atoms with E-state index in [1.54, 1.807) is 52.7 Å². The predicted molar refractivity (Wildman–Crippen MR) is 170 cm³/mol. The van der Waals surface area contributed by atoms with Gasteiger partial charge in [0, 0.05) is 82.8 Å². The van der Waals surface area contributed by atoms with E-state index in [0.29, 0.717) is 25.9 Å². The Morgan fingerprint density at radius 2 is 1.73 bits per heavy atom. The van der Waals surface area contributed by atoms with Crippen LogP contribution >= 0.6 is 0 Å². The van der Waals surface area contributed by atoms with Crippen LogP contribution in [-0.2, 0) is 33.3 Å². The topological polar surface area (TPSA) is 144 Å². The number of hydrogen-bond donors (Lipinski definition) is 2. The number of imide groups is 1. The quantitative estimate of drug-likeness (QED) is 0.294. The van der Waals surface area contributed by atoms with Crippen LogP contribution in [0, 0.1) is 34.5 Å². The van der Waals surface area contributed by atoms with Gasteiger partial charge in [-0.3, -0.25) is 14.5 Å². The number of methoxy groups -OCH3 is 4. The number of carbonyl (C=O) groups excluding carboxylic acids is 3. The summed E-state index contributed by atoms with van der Waals surface area (Å²) in [4.78, 5) is 42.6. The van der Waals surface area contributed by atoms with Crippen LogP contribution in [-0.4, -0.2) is 123 Å². The molecule has 1 spiro atoms. The van der Waals surface area contributed by atoms with Crippen molar-refractivity contribution in [3.05, 3.63) is 29.8 Å². The van der Waals surface area contributed by atoms with Gasteiger partial charge in [-0.25, -0.2) is 9.69 Å². The summed E-state index contributed by atoms with van der Waals surface area (Å²) < 4.78 is 31.3. The van der Waals surface area contributed by atoms with Gasteiger partial charge in [0.25, 0.3) is 0 Å². The van der Waals surface area contributed by atoms with Crippen LogP contribution in [0.25, 0.3) is 0 Å². The fraction of sp³-hybridized carbons (Fsp3) is 0.750. The predicted octanol–water partition coefficient (Wildman–Crippen LogP) is 1.79. The van der Waals surface area contributed by atoms with Gasteiger partial charge in [-0.1, -0.05) is 19.1 Å². The number of likely N-dealkylation sites (N-methyl/N-ethyl adjacent to an activating group) is 1. The molecule has 7 bridgehead atoms. The van der Waals surface area contributed by atoms with Crippen molar-refractivity contribution >= 4 is 23.5 Å². The van der Waals surface area contributed by atoms with E-state index in [9.17, 15) is 24.6 Å². The fourth-order valence-electron chi connectivity index (χ4n) is 13.0. The average molecular weight is 669 g/mol. The molecule has 2 amide bonds. The largest absolute Gasteiger partial charge is 0.461 e. The third kappa shape index (κ3) is 3.67. The monoisotopic (exact) mass is 668 g/mol. The van der Waals surface area contributed by atoms with Crippen molar-refractivity contribution in [2.45, 2.75) is 87.1 Å². The highest BCUT2D eigenvalue weighted by molar-refractivity contribution is 6.21. The van der Waals surface area contributed by atoms with Crippen LogP contribution in [0.2, 0.25) is 0 Å². The van der Waals surface area contributed by atoms with Crippen molar-refractivity contribution in [1.29, 1.82) is 0 Å². The summed E-state index contributed by atoms with van der Waals surface area (Å²) in [5, 5.41) is 26.5. The summed E-state index contributed by atoms with van der Waals surface area (Å²) in [6.45, 7) is 3.24. The molecule has 12 heteroatoms. The number of ether oxygens (including phenoxy) is 5. The number of rotatable bonds is 9. The minimum Gasteiger partial charge on any atom is -0.461 e. The van der Waals surface area contributed by atoms with Gasteiger partial charge in [-0.05, 0) is 43.9 Å². The second-order valence-electron chi connectivity index (χ2n) is 15.4. The Kier molecular flexibility index (Phi) is 7.52. The number of nitrogens with zero attached hydrogens (tertiary/aromatic N) is 2. The van der Waals surface area contributed by atoms with Crippen LogP contribution in [0.3, 0.4) is 0 Å².